The lowest BCUT2D eigenvalue weighted by Gasteiger charge is -2.31. The third-order valence-electron chi connectivity index (χ3n) is 3.98. The van der Waals surface area contributed by atoms with Gasteiger partial charge in [0.05, 0.1) is 9.75 Å². The minimum Gasteiger partial charge on any atom is -0.337 e. The zero-order valence-corrected chi connectivity index (χ0v) is 13.5. The van der Waals surface area contributed by atoms with Crippen LogP contribution in [-0.2, 0) is 7.05 Å². The van der Waals surface area contributed by atoms with Gasteiger partial charge in [-0.1, -0.05) is 0 Å². The molecule has 116 valence electrons. The first-order valence-electron chi connectivity index (χ1n) is 7.30. The van der Waals surface area contributed by atoms with Gasteiger partial charge in [-0.15, -0.1) is 21.5 Å². The van der Waals surface area contributed by atoms with Gasteiger partial charge < -0.3 is 9.47 Å². The number of aryl methyl sites for hydroxylation is 1. The summed E-state index contributed by atoms with van der Waals surface area (Å²) in [6.45, 7) is 2.92. The number of amides is 1. The van der Waals surface area contributed by atoms with Crippen molar-refractivity contribution in [2.45, 2.75) is 25.7 Å². The smallest absolute Gasteiger partial charge is 0.263 e. The standard InChI is InChI=1S/C15H18N4O2S/c1-10(20)12-5-6-13(22-12)15(21)19-7-3-4-11(8-19)14-17-16-9-18(14)2/h5-6,9,11H,3-4,7-8H2,1-2H3/t11-/m1/s1. The number of thiophene rings is 1. The van der Waals surface area contributed by atoms with Gasteiger partial charge in [0.15, 0.2) is 5.78 Å². The molecule has 0 bridgehead atoms. The van der Waals surface area contributed by atoms with E-state index in [2.05, 4.69) is 10.2 Å². The topological polar surface area (TPSA) is 68.1 Å². The van der Waals surface area contributed by atoms with Crippen molar-refractivity contribution < 1.29 is 9.59 Å². The van der Waals surface area contributed by atoms with E-state index in [1.54, 1.807) is 18.5 Å². The van der Waals surface area contributed by atoms with Crippen molar-refractivity contribution in [1.29, 1.82) is 0 Å². The number of aromatic nitrogens is 3. The van der Waals surface area contributed by atoms with Crippen molar-refractivity contribution in [1.82, 2.24) is 19.7 Å². The fraction of sp³-hybridized carbons (Fsp3) is 0.467. The van der Waals surface area contributed by atoms with Crippen LogP contribution >= 0.6 is 11.3 Å². The molecule has 1 aliphatic heterocycles. The van der Waals surface area contributed by atoms with Crippen LogP contribution in [0.4, 0.5) is 0 Å². The molecule has 0 saturated carbocycles. The molecule has 6 nitrogen and oxygen atoms in total. The number of carbonyl (C=O) groups excluding carboxylic acids is 2. The molecule has 3 heterocycles. The van der Waals surface area contributed by atoms with Crippen molar-refractivity contribution in [3.63, 3.8) is 0 Å². The first-order chi connectivity index (χ1) is 10.6. The molecule has 2 aromatic heterocycles. The number of ketones is 1. The van der Waals surface area contributed by atoms with E-state index in [1.165, 1.54) is 18.3 Å². The summed E-state index contributed by atoms with van der Waals surface area (Å²) in [7, 11) is 1.93. The number of Topliss-reactive ketones (excluding diaryl/α,β-unsaturated/α-hetero) is 1. The molecule has 0 unspecified atom stereocenters. The molecule has 0 N–H and O–H groups in total. The predicted octanol–water partition coefficient (Wildman–Crippen LogP) is 2.10. The zero-order valence-electron chi connectivity index (χ0n) is 12.7. The lowest BCUT2D eigenvalue weighted by atomic mass is 9.97. The highest BCUT2D eigenvalue weighted by molar-refractivity contribution is 7.15. The van der Waals surface area contributed by atoms with Gasteiger partial charge >= 0.3 is 0 Å². The van der Waals surface area contributed by atoms with Crippen LogP contribution in [0.25, 0.3) is 0 Å². The maximum absolute atomic E-state index is 12.6. The number of hydrogen-bond donors (Lipinski definition) is 0. The first kappa shape index (κ1) is 14.9. The van der Waals surface area contributed by atoms with E-state index in [-0.39, 0.29) is 17.6 Å². The average Bonchev–Trinajstić information content (AvgIpc) is 3.15. The Bertz CT molecular complexity index is 706. The second-order valence-corrected chi connectivity index (χ2v) is 6.69. The second kappa shape index (κ2) is 6.00. The molecule has 3 rings (SSSR count). The maximum atomic E-state index is 12.6. The van der Waals surface area contributed by atoms with Gasteiger partial charge in [0.2, 0.25) is 0 Å². The van der Waals surface area contributed by atoms with Crippen molar-refractivity contribution >= 4 is 23.0 Å². The molecule has 1 aliphatic rings. The zero-order chi connectivity index (χ0) is 15.7. The van der Waals surface area contributed by atoms with Gasteiger partial charge in [0.1, 0.15) is 12.2 Å². The van der Waals surface area contributed by atoms with Crippen LogP contribution in [0.5, 0.6) is 0 Å². The van der Waals surface area contributed by atoms with Gasteiger partial charge in [-0.2, -0.15) is 0 Å². The van der Waals surface area contributed by atoms with Crippen molar-refractivity contribution in [3.8, 4) is 0 Å². The first-order valence-corrected chi connectivity index (χ1v) is 8.12. The molecule has 1 atom stereocenters. The summed E-state index contributed by atoms with van der Waals surface area (Å²) in [5, 5.41) is 8.09. The van der Waals surface area contributed by atoms with Gasteiger partial charge in [0, 0.05) is 26.1 Å². The van der Waals surface area contributed by atoms with Gasteiger partial charge in [-0.3, -0.25) is 9.59 Å². The fourth-order valence-electron chi connectivity index (χ4n) is 2.83. The third-order valence-corrected chi connectivity index (χ3v) is 5.16. The third kappa shape index (κ3) is 2.81. The molecular weight excluding hydrogens is 300 g/mol. The Morgan fingerprint density at radius 3 is 2.73 bits per heavy atom. The van der Waals surface area contributed by atoms with E-state index < -0.39 is 0 Å². The Hall–Kier alpha value is -2.02. The second-order valence-electron chi connectivity index (χ2n) is 5.61. The van der Waals surface area contributed by atoms with E-state index >= 15 is 0 Å². The average molecular weight is 318 g/mol. The largest absolute Gasteiger partial charge is 0.337 e. The van der Waals surface area contributed by atoms with E-state index in [1.807, 2.05) is 16.5 Å². The van der Waals surface area contributed by atoms with Crippen LogP contribution < -0.4 is 0 Å². The number of hydrogen-bond acceptors (Lipinski definition) is 5. The number of rotatable bonds is 3. The van der Waals surface area contributed by atoms with Crippen LogP contribution in [0.3, 0.4) is 0 Å². The van der Waals surface area contributed by atoms with Crippen LogP contribution in [0.1, 0.15) is 50.9 Å². The number of likely N-dealkylation sites (tertiary alicyclic amines) is 1. The number of carbonyl (C=O) groups is 2. The maximum Gasteiger partial charge on any atom is 0.263 e. The van der Waals surface area contributed by atoms with Crippen molar-refractivity contribution in [2.24, 2.45) is 7.05 Å². The summed E-state index contributed by atoms with van der Waals surface area (Å²) in [6, 6.07) is 3.47. The number of piperidine rings is 1. The summed E-state index contributed by atoms with van der Waals surface area (Å²) >= 11 is 1.27. The highest BCUT2D eigenvalue weighted by Gasteiger charge is 2.28. The van der Waals surface area contributed by atoms with Crippen LogP contribution in [0, 0.1) is 0 Å². The minimum atomic E-state index is -0.000319. The Labute approximate surface area is 132 Å². The molecule has 0 aliphatic carbocycles. The Morgan fingerprint density at radius 1 is 1.32 bits per heavy atom. The van der Waals surface area contributed by atoms with Crippen LogP contribution in [0.2, 0.25) is 0 Å². The summed E-state index contributed by atoms with van der Waals surface area (Å²) < 4.78 is 1.91. The summed E-state index contributed by atoms with van der Waals surface area (Å²) in [5.41, 5.74) is 0. The molecular formula is C15H18N4O2S. The summed E-state index contributed by atoms with van der Waals surface area (Å²) in [4.78, 5) is 27.1. The van der Waals surface area contributed by atoms with Crippen molar-refractivity contribution in [2.75, 3.05) is 13.1 Å². The molecule has 0 aromatic carbocycles. The summed E-state index contributed by atoms with van der Waals surface area (Å²) in [6.07, 6.45) is 3.65. The molecule has 1 amide bonds. The van der Waals surface area contributed by atoms with E-state index in [0.717, 1.165) is 25.2 Å². The molecule has 1 saturated heterocycles. The minimum absolute atomic E-state index is 0.000319. The molecule has 1 fully saturated rings. The summed E-state index contributed by atoms with van der Waals surface area (Å²) in [5.74, 6) is 1.15. The molecule has 2 aromatic rings. The Morgan fingerprint density at radius 2 is 2.09 bits per heavy atom. The number of nitrogens with zero attached hydrogens (tertiary/aromatic N) is 4. The Kier molecular flexibility index (Phi) is 4.06. The van der Waals surface area contributed by atoms with E-state index in [0.29, 0.717) is 16.3 Å². The highest BCUT2D eigenvalue weighted by Crippen LogP contribution is 2.27. The van der Waals surface area contributed by atoms with Crippen LogP contribution in [-0.4, -0.2) is 44.4 Å². The fourth-order valence-corrected chi connectivity index (χ4v) is 3.70. The lowest BCUT2D eigenvalue weighted by molar-refractivity contribution is 0.0708. The van der Waals surface area contributed by atoms with Gasteiger partial charge in [-0.05, 0) is 31.9 Å². The molecule has 22 heavy (non-hydrogen) atoms. The lowest BCUT2D eigenvalue weighted by Crippen LogP contribution is -2.39. The predicted molar refractivity (Wildman–Crippen MR) is 83.2 cm³/mol. The Balaban J connectivity index is 1.75. The normalized spacial score (nSPS) is 18.5. The monoisotopic (exact) mass is 318 g/mol. The quantitative estimate of drug-likeness (QED) is 0.813. The highest BCUT2D eigenvalue weighted by atomic mass is 32.1. The van der Waals surface area contributed by atoms with Crippen LogP contribution in [0.15, 0.2) is 18.5 Å². The van der Waals surface area contributed by atoms with Gasteiger partial charge in [-0.25, -0.2) is 0 Å². The van der Waals surface area contributed by atoms with Gasteiger partial charge in [0.25, 0.3) is 5.91 Å². The molecule has 7 heteroatoms. The molecule has 0 spiro atoms. The molecule has 0 radical (unpaired) electrons. The SMILES string of the molecule is CC(=O)c1ccc(C(=O)N2CCC[C@@H](c3nncn3C)C2)s1. The van der Waals surface area contributed by atoms with E-state index in [9.17, 15) is 9.59 Å². The van der Waals surface area contributed by atoms with Crippen molar-refractivity contribution in [3.05, 3.63) is 34.0 Å². The van der Waals surface area contributed by atoms with E-state index in [4.69, 9.17) is 0 Å².